The van der Waals surface area contributed by atoms with Crippen LogP contribution in [-0.4, -0.2) is 20.2 Å². The molecule has 1 unspecified atom stereocenters. The van der Waals surface area contributed by atoms with Crippen molar-refractivity contribution in [3.05, 3.63) is 29.3 Å². The van der Waals surface area contributed by atoms with Crippen molar-refractivity contribution in [3.8, 4) is 5.75 Å². The van der Waals surface area contributed by atoms with E-state index in [1.165, 1.54) is 17.5 Å². The maximum Gasteiger partial charge on any atom is 0.119 e. The Morgan fingerprint density at radius 2 is 2.27 bits per heavy atom. The molecule has 0 bridgehead atoms. The Hall–Kier alpha value is -0.730. The van der Waals surface area contributed by atoms with Gasteiger partial charge in [-0.1, -0.05) is 13.0 Å². The lowest BCUT2D eigenvalue weighted by Crippen LogP contribution is -2.28. The van der Waals surface area contributed by atoms with Crippen LogP contribution in [0.25, 0.3) is 0 Å². The Kier molecular flexibility index (Phi) is 4.43. The average molecular weight is 228 g/mol. The fourth-order valence-electron chi connectivity index (χ4n) is 2.01. The summed E-state index contributed by atoms with van der Waals surface area (Å²) in [5.74, 6) is 1.67. The monoisotopic (exact) mass is 227 g/mol. The maximum atomic E-state index is 5.22. The summed E-state index contributed by atoms with van der Waals surface area (Å²) >= 11 is 0. The molecule has 1 N–H and O–H groups in total. The predicted octanol–water partition coefficient (Wildman–Crippen LogP) is 2.37. The van der Waals surface area contributed by atoms with Gasteiger partial charge in [0.05, 0.1) is 7.11 Å². The number of halogens is 1. The van der Waals surface area contributed by atoms with Gasteiger partial charge in [0.1, 0.15) is 5.75 Å². The van der Waals surface area contributed by atoms with E-state index in [1.54, 1.807) is 7.11 Å². The van der Waals surface area contributed by atoms with E-state index in [0.29, 0.717) is 5.92 Å². The number of methoxy groups -OCH3 is 1. The Labute approximate surface area is 97.4 Å². The summed E-state index contributed by atoms with van der Waals surface area (Å²) in [6, 6.07) is 6.39. The van der Waals surface area contributed by atoms with E-state index < -0.39 is 0 Å². The van der Waals surface area contributed by atoms with Gasteiger partial charge in [0.15, 0.2) is 0 Å². The van der Waals surface area contributed by atoms with Crippen LogP contribution in [0, 0.1) is 0 Å². The van der Waals surface area contributed by atoms with Crippen molar-refractivity contribution in [2.75, 3.05) is 20.2 Å². The second kappa shape index (κ2) is 5.38. The molecular formula is C12H18ClNO. The van der Waals surface area contributed by atoms with Crippen LogP contribution in [0.4, 0.5) is 0 Å². The first kappa shape index (κ1) is 12.3. The number of nitrogens with one attached hydrogen (secondary N) is 1. The summed E-state index contributed by atoms with van der Waals surface area (Å²) in [6.07, 6.45) is 1.21. The van der Waals surface area contributed by atoms with Crippen molar-refractivity contribution >= 4 is 12.4 Å². The minimum atomic E-state index is 0. The third kappa shape index (κ3) is 2.44. The lowest BCUT2D eigenvalue weighted by molar-refractivity contribution is 0.411. The van der Waals surface area contributed by atoms with Crippen LogP contribution in [0.1, 0.15) is 24.0 Å². The molecule has 2 nitrogen and oxygen atoms in total. The first-order chi connectivity index (χ1) is 6.85. The largest absolute Gasteiger partial charge is 0.497 e. The number of hydrogen-bond donors (Lipinski definition) is 1. The van der Waals surface area contributed by atoms with E-state index in [-0.39, 0.29) is 12.4 Å². The van der Waals surface area contributed by atoms with Gasteiger partial charge < -0.3 is 10.1 Å². The number of fused-ring (bicyclic) bond motifs is 1. The van der Waals surface area contributed by atoms with Gasteiger partial charge in [0, 0.05) is 12.5 Å². The highest BCUT2D eigenvalue weighted by Gasteiger charge is 2.25. The van der Waals surface area contributed by atoms with E-state index in [2.05, 4.69) is 24.4 Å². The van der Waals surface area contributed by atoms with Crippen LogP contribution in [0.5, 0.6) is 5.75 Å². The summed E-state index contributed by atoms with van der Waals surface area (Å²) in [4.78, 5) is 0. The van der Waals surface area contributed by atoms with Crippen molar-refractivity contribution in [2.45, 2.75) is 19.3 Å². The molecule has 1 atom stereocenters. The molecule has 0 fully saturated rings. The Balaban J connectivity index is 0.00000112. The van der Waals surface area contributed by atoms with Crippen LogP contribution in [0.3, 0.4) is 0 Å². The smallest absolute Gasteiger partial charge is 0.119 e. The van der Waals surface area contributed by atoms with E-state index in [4.69, 9.17) is 4.74 Å². The van der Waals surface area contributed by atoms with Crippen molar-refractivity contribution in [3.63, 3.8) is 0 Å². The fourth-order valence-corrected chi connectivity index (χ4v) is 2.01. The molecule has 0 saturated carbocycles. The molecule has 0 aliphatic heterocycles. The zero-order valence-electron chi connectivity index (χ0n) is 9.25. The van der Waals surface area contributed by atoms with E-state index in [1.807, 2.05) is 6.07 Å². The maximum absolute atomic E-state index is 5.22. The highest BCUT2D eigenvalue weighted by atomic mass is 35.5. The zero-order valence-corrected chi connectivity index (χ0v) is 10.1. The molecule has 0 radical (unpaired) electrons. The van der Waals surface area contributed by atoms with Gasteiger partial charge in [-0.3, -0.25) is 0 Å². The number of benzene rings is 1. The van der Waals surface area contributed by atoms with Crippen molar-refractivity contribution in [1.82, 2.24) is 5.32 Å². The van der Waals surface area contributed by atoms with Crippen LogP contribution >= 0.6 is 12.4 Å². The molecule has 2 rings (SSSR count). The Bertz CT molecular complexity index is 327. The van der Waals surface area contributed by atoms with Gasteiger partial charge in [0.25, 0.3) is 0 Å². The van der Waals surface area contributed by atoms with E-state index in [9.17, 15) is 0 Å². The molecule has 1 aromatic rings. The number of likely N-dealkylation sites (N-methyl/N-ethyl adjacent to an activating group) is 1. The molecule has 1 aromatic carbocycles. The highest BCUT2D eigenvalue weighted by molar-refractivity contribution is 5.85. The molecule has 0 amide bonds. The van der Waals surface area contributed by atoms with Gasteiger partial charge in [-0.2, -0.15) is 0 Å². The summed E-state index contributed by atoms with van der Waals surface area (Å²) in [6.45, 7) is 4.29. The number of ether oxygens (including phenoxy) is 1. The van der Waals surface area contributed by atoms with Crippen LogP contribution in [0.15, 0.2) is 18.2 Å². The van der Waals surface area contributed by atoms with Crippen LogP contribution in [-0.2, 0) is 6.42 Å². The summed E-state index contributed by atoms with van der Waals surface area (Å²) < 4.78 is 5.22. The van der Waals surface area contributed by atoms with Gasteiger partial charge in [-0.05, 0) is 36.2 Å². The SMILES string of the molecule is CCNCC1Cc2ccc(OC)cc21.Cl. The first-order valence-corrected chi connectivity index (χ1v) is 5.22. The Morgan fingerprint density at radius 1 is 1.47 bits per heavy atom. The summed E-state index contributed by atoms with van der Waals surface area (Å²) in [5.41, 5.74) is 2.94. The van der Waals surface area contributed by atoms with E-state index in [0.717, 1.165) is 18.8 Å². The van der Waals surface area contributed by atoms with Crippen molar-refractivity contribution in [1.29, 1.82) is 0 Å². The lowest BCUT2D eigenvalue weighted by atomic mass is 9.77. The normalized spacial score (nSPS) is 17.3. The average Bonchev–Trinajstić information content (AvgIpc) is 2.20. The molecular weight excluding hydrogens is 210 g/mol. The third-order valence-electron chi connectivity index (χ3n) is 2.90. The molecule has 0 aromatic heterocycles. The Morgan fingerprint density at radius 3 is 2.93 bits per heavy atom. The molecule has 1 aliphatic carbocycles. The van der Waals surface area contributed by atoms with Gasteiger partial charge >= 0.3 is 0 Å². The molecule has 0 heterocycles. The zero-order chi connectivity index (χ0) is 9.97. The van der Waals surface area contributed by atoms with Gasteiger partial charge in [0.2, 0.25) is 0 Å². The summed E-state index contributed by atoms with van der Waals surface area (Å²) in [5, 5.41) is 3.39. The van der Waals surface area contributed by atoms with Crippen LogP contribution in [0.2, 0.25) is 0 Å². The van der Waals surface area contributed by atoms with Crippen molar-refractivity contribution < 1.29 is 4.74 Å². The molecule has 84 valence electrons. The van der Waals surface area contributed by atoms with Crippen molar-refractivity contribution in [2.24, 2.45) is 0 Å². The van der Waals surface area contributed by atoms with Crippen LogP contribution < -0.4 is 10.1 Å². The number of hydrogen-bond acceptors (Lipinski definition) is 2. The molecule has 15 heavy (non-hydrogen) atoms. The molecule has 0 saturated heterocycles. The molecule has 1 aliphatic rings. The third-order valence-corrected chi connectivity index (χ3v) is 2.90. The topological polar surface area (TPSA) is 21.3 Å². The molecule has 0 spiro atoms. The lowest BCUT2D eigenvalue weighted by Gasteiger charge is -2.30. The van der Waals surface area contributed by atoms with Gasteiger partial charge in [-0.15, -0.1) is 12.4 Å². The highest BCUT2D eigenvalue weighted by Crippen LogP contribution is 2.36. The second-order valence-corrected chi connectivity index (χ2v) is 3.77. The standard InChI is InChI=1S/C12H17NO.ClH/c1-3-13-8-10-6-9-4-5-11(14-2)7-12(9)10;/h4-5,7,10,13H,3,6,8H2,1-2H3;1H. The quantitative estimate of drug-likeness (QED) is 0.853. The predicted molar refractivity (Wildman–Crippen MR) is 65.2 cm³/mol. The second-order valence-electron chi connectivity index (χ2n) is 3.77. The minimum absolute atomic E-state index is 0. The fraction of sp³-hybridized carbons (Fsp3) is 0.500. The van der Waals surface area contributed by atoms with Gasteiger partial charge in [-0.25, -0.2) is 0 Å². The first-order valence-electron chi connectivity index (χ1n) is 5.22. The summed E-state index contributed by atoms with van der Waals surface area (Å²) in [7, 11) is 1.72. The number of rotatable bonds is 4. The minimum Gasteiger partial charge on any atom is -0.497 e. The van der Waals surface area contributed by atoms with E-state index >= 15 is 0 Å². The molecule has 3 heteroatoms.